The Kier molecular flexibility index (Phi) is 5.44. The van der Waals surface area contributed by atoms with E-state index in [0.29, 0.717) is 29.5 Å². The molecular formula is C12H16BrNO3. The largest absolute Gasteiger partial charge is 0.507 e. The number of halogens is 1. The standard InChI is InChI=1S/C12H16BrNO3/c1-2-14(6-3-7-15)12(17)9-4-5-10(13)11(16)8-9/h4-5,8,15-16H,2-3,6-7H2,1H3. The van der Waals surface area contributed by atoms with Crippen LogP contribution in [0, 0.1) is 0 Å². The molecule has 0 spiro atoms. The summed E-state index contributed by atoms with van der Waals surface area (Å²) in [4.78, 5) is 13.7. The van der Waals surface area contributed by atoms with E-state index in [-0.39, 0.29) is 18.3 Å². The maximum atomic E-state index is 12.1. The van der Waals surface area contributed by atoms with Crippen molar-refractivity contribution in [2.45, 2.75) is 13.3 Å². The third-order valence-electron chi connectivity index (χ3n) is 2.45. The summed E-state index contributed by atoms with van der Waals surface area (Å²) in [5, 5.41) is 18.3. The lowest BCUT2D eigenvalue weighted by atomic mass is 10.2. The number of phenols is 1. The van der Waals surface area contributed by atoms with E-state index >= 15 is 0 Å². The van der Waals surface area contributed by atoms with Crippen LogP contribution in [-0.2, 0) is 0 Å². The van der Waals surface area contributed by atoms with Crippen molar-refractivity contribution in [1.29, 1.82) is 0 Å². The van der Waals surface area contributed by atoms with Crippen LogP contribution in [0.3, 0.4) is 0 Å². The SMILES string of the molecule is CCN(CCCO)C(=O)c1ccc(Br)c(O)c1. The van der Waals surface area contributed by atoms with Gasteiger partial charge in [0.2, 0.25) is 0 Å². The fourth-order valence-electron chi connectivity index (χ4n) is 1.49. The summed E-state index contributed by atoms with van der Waals surface area (Å²) in [5.74, 6) is -0.0854. The van der Waals surface area contributed by atoms with Gasteiger partial charge in [-0.1, -0.05) is 0 Å². The van der Waals surface area contributed by atoms with Gasteiger partial charge < -0.3 is 15.1 Å². The Morgan fingerprint density at radius 2 is 2.18 bits per heavy atom. The number of carbonyl (C=O) groups is 1. The summed E-state index contributed by atoms with van der Waals surface area (Å²) < 4.78 is 0.562. The first-order chi connectivity index (χ1) is 8.10. The van der Waals surface area contributed by atoms with E-state index < -0.39 is 0 Å². The molecular weight excluding hydrogens is 286 g/mol. The van der Waals surface area contributed by atoms with Crippen LogP contribution >= 0.6 is 15.9 Å². The second kappa shape index (κ2) is 6.61. The number of nitrogens with zero attached hydrogens (tertiary/aromatic N) is 1. The highest BCUT2D eigenvalue weighted by molar-refractivity contribution is 9.10. The summed E-state index contributed by atoms with van der Waals surface area (Å²) in [6, 6.07) is 4.74. The molecule has 0 aliphatic rings. The van der Waals surface area contributed by atoms with Crippen molar-refractivity contribution in [2.75, 3.05) is 19.7 Å². The molecule has 0 unspecified atom stereocenters. The Hall–Kier alpha value is -1.07. The molecule has 5 heteroatoms. The van der Waals surface area contributed by atoms with Gasteiger partial charge in [0.1, 0.15) is 5.75 Å². The van der Waals surface area contributed by atoms with Crippen molar-refractivity contribution in [3.05, 3.63) is 28.2 Å². The van der Waals surface area contributed by atoms with Crippen LogP contribution in [0.15, 0.2) is 22.7 Å². The first kappa shape index (κ1) is 14.0. The predicted octanol–water partition coefficient (Wildman–Crippen LogP) is 2.00. The van der Waals surface area contributed by atoms with Crippen molar-refractivity contribution in [2.24, 2.45) is 0 Å². The van der Waals surface area contributed by atoms with Crippen molar-refractivity contribution in [3.63, 3.8) is 0 Å². The van der Waals surface area contributed by atoms with Gasteiger partial charge in [-0.2, -0.15) is 0 Å². The first-order valence-corrected chi connectivity index (χ1v) is 6.28. The lowest BCUT2D eigenvalue weighted by molar-refractivity contribution is 0.0754. The monoisotopic (exact) mass is 301 g/mol. The molecule has 2 N–H and O–H groups in total. The third-order valence-corrected chi connectivity index (χ3v) is 3.12. The minimum atomic E-state index is -0.135. The second-order valence-corrected chi connectivity index (χ2v) is 4.48. The lowest BCUT2D eigenvalue weighted by Crippen LogP contribution is -2.32. The molecule has 0 bridgehead atoms. The van der Waals surface area contributed by atoms with Gasteiger partial charge in [-0.3, -0.25) is 4.79 Å². The van der Waals surface area contributed by atoms with E-state index in [2.05, 4.69) is 15.9 Å². The Labute approximate surface area is 109 Å². The van der Waals surface area contributed by atoms with Gasteiger partial charge in [0, 0.05) is 25.3 Å². The van der Waals surface area contributed by atoms with E-state index in [1.807, 2.05) is 6.92 Å². The van der Waals surface area contributed by atoms with Gasteiger partial charge >= 0.3 is 0 Å². The van der Waals surface area contributed by atoms with E-state index in [1.54, 1.807) is 17.0 Å². The molecule has 0 radical (unpaired) electrons. The highest BCUT2D eigenvalue weighted by Gasteiger charge is 2.14. The zero-order valence-electron chi connectivity index (χ0n) is 9.69. The highest BCUT2D eigenvalue weighted by Crippen LogP contribution is 2.24. The summed E-state index contributed by atoms with van der Waals surface area (Å²) in [6.07, 6.45) is 0.558. The Bertz CT molecular complexity index is 395. The first-order valence-electron chi connectivity index (χ1n) is 5.48. The van der Waals surface area contributed by atoms with Crippen LogP contribution < -0.4 is 0 Å². The van der Waals surface area contributed by atoms with E-state index in [9.17, 15) is 9.90 Å². The van der Waals surface area contributed by atoms with Crippen molar-refractivity contribution < 1.29 is 15.0 Å². The Balaban J connectivity index is 2.82. The minimum absolute atomic E-state index is 0.0501. The molecule has 0 saturated carbocycles. The quantitative estimate of drug-likeness (QED) is 0.874. The number of aliphatic hydroxyl groups is 1. The molecule has 0 saturated heterocycles. The van der Waals surface area contributed by atoms with Crippen molar-refractivity contribution in [1.82, 2.24) is 4.90 Å². The third kappa shape index (κ3) is 3.71. The molecule has 0 aromatic heterocycles. The van der Waals surface area contributed by atoms with Crippen LogP contribution in [0.25, 0.3) is 0 Å². The fourth-order valence-corrected chi connectivity index (χ4v) is 1.74. The van der Waals surface area contributed by atoms with Crippen molar-refractivity contribution in [3.8, 4) is 5.75 Å². The number of rotatable bonds is 5. The minimum Gasteiger partial charge on any atom is -0.507 e. The number of aromatic hydroxyl groups is 1. The van der Waals surface area contributed by atoms with Crippen LogP contribution in [0.5, 0.6) is 5.75 Å². The molecule has 0 atom stereocenters. The van der Waals surface area contributed by atoms with Crippen LogP contribution in [0.1, 0.15) is 23.7 Å². The van der Waals surface area contributed by atoms with E-state index in [1.165, 1.54) is 6.07 Å². The number of phenolic OH excluding ortho intramolecular Hbond substituents is 1. The molecule has 1 rings (SSSR count). The van der Waals surface area contributed by atoms with Gasteiger partial charge in [0.25, 0.3) is 5.91 Å². The zero-order chi connectivity index (χ0) is 12.8. The molecule has 1 amide bonds. The number of hydrogen-bond donors (Lipinski definition) is 2. The molecule has 1 aromatic carbocycles. The average molecular weight is 302 g/mol. The number of aliphatic hydroxyl groups excluding tert-OH is 1. The topological polar surface area (TPSA) is 60.8 Å². The van der Waals surface area contributed by atoms with Gasteiger partial charge in [-0.15, -0.1) is 0 Å². The molecule has 0 fully saturated rings. The highest BCUT2D eigenvalue weighted by atomic mass is 79.9. The smallest absolute Gasteiger partial charge is 0.253 e. The average Bonchev–Trinajstić information content (AvgIpc) is 2.33. The predicted molar refractivity (Wildman–Crippen MR) is 69.1 cm³/mol. The molecule has 0 aliphatic heterocycles. The van der Waals surface area contributed by atoms with E-state index in [0.717, 1.165) is 0 Å². The van der Waals surface area contributed by atoms with Gasteiger partial charge in [-0.05, 0) is 47.5 Å². The number of hydrogen-bond acceptors (Lipinski definition) is 3. The Morgan fingerprint density at radius 1 is 1.47 bits per heavy atom. The second-order valence-electron chi connectivity index (χ2n) is 3.63. The zero-order valence-corrected chi connectivity index (χ0v) is 11.3. The summed E-state index contributed by atoms with van der Waals surface area (Å²) >= 11 is 3.17. The number of carbonyl (C=O) groups excluding carboxylic acids is 1. The summed E-state index contributed by atoms with van der Waals surface area (Å²) in [5.41, 5.74) is 0.450. The van der Waals surface area contributed by atoms with Gasteiger partial charge in [-0.25, -0.2) is 0 Å². The summed E-state index contributed by atoms with van der Waals surface area (Å²) in [7, 11) is 0. The molecule has 0 heterocycles. The van der Waals surface area contributed by atoms with Crippen molar-refractivity contribution >= 4 is 21.8 Å². The van der Waals surface area contributed by atoms with Crippen LogP contribution in [0.4, 0.5) is 0 Å². The molecule has 94 valence electrons. The number of amides is 1. The van der Waals surface area contributed by atoms with Crippen LogP contribution in [-0.4, -0.2) is 40.7 Å². The fraction of sp³-hybridized carbons (Fsp3) is 0.417. The molecule has 17 heavy (non-hydrogen) atoms. The number of benzene rings is 1. The molecule has 4 nitrogen and oxygen atoms in total. The van der Waals surface area contributed by atoms with Gasteiger partial charge in [0.15, 0.2) is 0 Å². The van der Waals surface area contributed by atoms with E-state index in [4.69, 9.17) is 5.11 Å². The lowest BCUT2D eigenvalue weighted by Gasteiger charge is -2.20. The van der Waals surface area contributed by atoms with Gasteiger partial charge in [0.05, 0.1) is 4.47 Å². The normalized spacial score (nSPS) is 10.3. The maximum Gasteiger partial charge on any atom is 0.253 e. The summed E-state index contributed by atoms with van der Waals surface area (Å²) in [6.45, 7) is 3.04. The van der Waals surface area contributed by atoms with Crippen LogP contribution in [0.2, 0.25) is 0 Å². The molecule has 0 aliphatic carbocycles. The molecule has 1 aromatic rings. The maximum absolute atomic E-state index is 12.1. The Morgan fingerprint density at radius 3 is 2.71 bits per heavy atom.